The van der Waals surface area contributed by atoms with Crippen LogP contribution in [0.25, 0.3) is 0 Å². The lowest BCUT2D eigenvalue weighted by atomic mass is 10.1. The fourth-order valence-electron chi connectivity index (χ4n) is 2.34. The van der Waals surface area contributed by atoms with Gasteiger partial charge in [-0.15, -0.1) is 0 Å². The van der Waals surface area contributed by atoms with Crippen molar-refractivity contribution in [2.45, 2.75) is 39.3 Å². The normalized spacial score (nSPS) is 12.3. The predicted molar refractivity (Wildman–Crippen MR) is 87.5 cm³/mol. The monoisotopic (exact) mass is 284 g/mol. The number of unbranched alkanes of at least 4 members (excludes halogenated alkanes) is 1. The zero-order valence-electron chi connectivity index (χ0n) is 12.9. The quantitative estimate of drug-likeness (QED) is 0.792. The van der Waals surface area contributed by atoms with Gasteiger partial charge in [-0.2, -0.15) is 0 Å². The molecule has 1 aromatic heterocycles. The minimum Gasteiger partial charge on any atom is -0.316 e. The van der Waals surface area contributed by atoms with E-state index in [1.165, 1.54) is 11.1 Å². The van der Waals surface area contributed by atoms with Crippen LogP contribution in [0.4, 0.5) is 0 Å². The van der Waals surface area contributed by atoms with Crippen LogP contribution in [0.5, 0.6) is 0 Å². The van der Waals surface area contributed by atoms with Crippen LogP contribution >= 0.6 is 0 Å². The summed E-state index contributed by atoms with van der Waals surface area (Å²) in [7, 11) is 0. The SMILES string of the molecule is Cc1ccc(C(C)NCCCCn2ccccc2=O)cc1. The Morgan fingerprint density at radius 2 is 1.86 bits per heavy atom. The molecule has 0 amide bonds. The third-order valence-electron chi connectivity index (χ3n) is 3.75. The smallest absolute Gasteiger partial charge is 0.250 e. The molecule has 0 spiro atoms. The van der Waals surface area contributed by atoms with Crippen molar-refractivity contribution in [1.82, 2.24) is 9.88 Å². The van der Waals surface area contributed by atoms with Gasteiger partial charge in [-0.25, -0.2) is 0 Å². The van der Waals surface area contributed by atoms with Crippen molar-refractivity contribution in [3.05, 3.63) is 70.1 Å². The number of hydrogen-bond donors (Lipinski definition) is 1. The molecule has 0 saturated heterocycles. The Bertz CT molecular complexity index is 601. The van der Waals surface area contributed by atoms with Gasteiger partial charge in [-0.3, -0.25) is 4.79 Å². The van der Waals surface area contributed by atoms with Crippen molar-refractivity contribution < 1.29 is 0 Å². The van der Waals surface area contributed by atoms with E-state index < -0.39 is 0 Å². The Morgan fingerprint density at radius 1 is 1.10 bits per heavy atom. The molecule has 0 aliphatic rings. The highest BCUT2D eigenvalue weighted by atomic mass is 16.1. The van der Waals surface area contributed by atoms with Gasteiger partial charge in [0.2, 0.25) is 5.56 Å². The van der Waals surface area contributed by atoms with Crippen LogP contribution in [0.15, 0.2) is 53.5 Å². The fourth-order valence-corrected chi connectivity index (χ4v) is 2.34. The molecule has 1 heterocycles. The second-order valence-electron chi connectivity index (χ2n) is 5.53. The minimum absolute atomic E-state index is 0.0819. The van der Waals surface area contributed by atoms with Crippen molar-refractivity contribution in [2.24, 2.45) is 0 Å². The molecule has 1 aromatic carbocycles. The van der Waals surface area contributed by atoms with E-state index >= 15 is 0 Å². The summed E-state index contributed by atoms with van der Waals surface area (Å²) in [5.74, 6) is 0. The Labute approximate surface area is 126 Å². The average Bonchev–Trinajstić information content (AvgIpc) is 2.49. The van der Waals surface area contributed by atoms with E-state index in [4.69, 9.17) is 0 Å². The molecule has 3 heteroatoms. The number of aromatic nitrogens is 1. The van der Waals surface area contributed by atoms with E-state index in [0.29, 0.717) is 6.04 Å². The summed E-state index contributed by atoms with van der Waals surface area (Å²) in [5, 5.41) is 3.53. The molecule has 1 atom stereocenters. The highest BCUT2D eigenvalue weighted by Crippen LogP contribution is 2.12. The van der Waals surface area contributed by atoms with E-state index in [0.717, 1.165) is 25.9 Å². The van der Waals surface area contributed by atoms with Gasteiger partial charge in [0.05, 0.1) is 0 Å². The first-order chi connectivity index (χ1) is 10.2. The second kappa shape index (κ2) is 7.79. The standard InChI is InChI=1S/C18H24N2O/c1-15-8-10-17(11-9-15)16(2)19-12-4-6-14-20-13-5-3-7-18(20)21/h3,5,7-11,13,16,19H,4,6,12,14H2,1-2H3. The highest BCUT2D eigenvalue weighted by molar-refractivity contribution is 5.23. The summed E-state index contributed by atoms with van der Waals surface area (Å²) in [6.45, 7) is 6.05. The highest BCUT2D eigenvalue weighted by Gasteiger charge is 2.03. The van der Waals surface area contributed by atoms with Gasteiger partial charge in [0.25, 0.3) is 0 Å². The van der Waals surface area contributed by atoms with Crippen molar-refractivity contribution in [2.75, 3.05) is 6.54 Å². The number of aryl methyl sites for hydroxylation is 2. The van der Waals surface area contributed by atoms with Crippen molar-refractivity contribution in [1.29, 1.82) is 0 Å². The lowest BCUT2D eigenvalue weighted by Gasteiger charge is -2.14. The maximum Gasteiger partial charge on any atom is 0.250 e. The molecule has 21 heavy (non-hydrogen) atoms. The van der Waals surface area contributed by atoms with Crippen LogP contribution in [0.2, 0.25) is 0 Å². The average molecular weight is 284 g/mol. The summed E-state index contributed by atoms with van der Waals surface area (Å²) in [4.78, 5) is 11.6. The molecule has 0 aliphatic carbocycles. The zero-order chi connectivity index (χ0) is 15.1. The second-order valence-corrected chi connectivity index (χ2v) is 5.53. The van der Waals surface area contributed by atoms with E-state index in [1.54, 1.807) is 16.7 Å². The molecular weight excluding hydrogens is 260 g/mol. The maximum atomic E-state index is 11.6. The van der Waals surface area contributed by atoms with Gasteiger partial charge < -0.3 is 9.88 Å². The molecule has 0 radical (unpaired) electrons. The largest absolute Gasteiger partial charge is 0.316 e. The molecule has 0 aliphatic heterocycles. The molecule has 0 fully saturated rings. The van der Waals surface area contributed by atoms with Crippen molar-refractivity contribution in [3.8, 4) is 0 Å². The lowest BCUT2D eigenvalue weighted by Crippen LogP contribution is -2.21. The number of nitrogens with zero attached hydrogens (tertiary/aromatic N) is 1. The third kappa shape index (κ3) is 4.87. The Kier molecular flexibility index (Phi) is 5.76. The van der Waals surface area contributed by atoms with Gasteiger partial charge >= 0.3 is 0 Å². The van der Waals surface area contributed by atoms with E-state index in [9.17, 15) is 4.79 Å². The summed E-state index contributed by atoms with van der Waals surface area (Å²) >= 11 is 0. The van der Waals surface area contributed by atoms with Crippen LogP contribution in [-0.4, -0.2) is 11.1 Å². The van der Waals surface area contributed by atoms with Crippen LogP contribution < -0.4 is 10.9 Å². The predicted octanol–water partition coefficient (Wildman–Crippen LogP) is 3.29. The number of rotatable bonds is 7. The van der Waals surface area contributed by atoms with Gasteiger partial charge in [0.15, 0.2) is 0 Å². The van der Waals surface area contributed by atoms with E-state index in [2.05, 4.69) is 43.4 Å². The van der Waals surface area contributed by atoms with Gasteiger partial charge in [-0.1, -0.05) is 35.9 Å². The third-order valence-corrected chi connectivity index (χ3v) is 3.75. The maximum absolute atomic E-state index is 11.6. The number of hydrogen-bond acceptors (Lipinski definition) is 2. The summed E-state index contributed by atoms with van der Waals surface area (Å²) in [5.41, 5.74) is 2.69. The molecule has 2 aromatic rings. The van der Waals surface area contributed by atoms with Gasteiger partial charge in [0, 0.05) is 24.8 Å². The van der Waals surface area contributed by atoms with Crippen LogP contribution in [-0.2, 0) is 6.54 Å². The van der Waals surface area contributed by atoms with Crippen LogP contribution in [0.3, 0.4) is 0 Å². The van der Waals surface area contributed by atoms with Gasteiger partial charge in [0.1, 0.15) is 0 Å². The Hall–Kier alpha value is -1.87. The lowest BCUT2D eigenvalue weighted by molar-refractivity contribution is 0.519. The Morgan fingerprint density at radius 3 is 2.57 bits per heavy atom. The number of pyridine rings is 1. The molecule has 1 N–H and O–H groups in total. The molecular formula is C18H24N2O. The summed E-state index contributed by atoms with van der Waals surface area (Å²) in [6, 6.07) is 14.3. The van der Waals surface area contributed by atoms with E-state index in [1.807, 2.05) is 12.3 Å². The number of benzene rings is 1. The minimum atomic E-state index is 0.0819. The van der Waals surface area contributed by atoms with Gasteiger partial charge in [-0.05, 0) is 44.9 Å². The molecule has 0 saturated carbocycles. The fraction of sp³-hybridized carbons (Fsp3) is 0.389. The van der Waals surface area contributed by atoms with E-state index in [-0.39, 0.29) is 5.56 Å². The van der Waals surface area contributed by atoms with Crippen LogP contribution in [0, 0.1) is 6.92 Å². The van der Waals surface area contributed by atoms with Crippen LogP contribution in [0.1, 0.15) is 36.9 Å². The Balaban J connectivity index is 1.69. The number of nitrogens with one attached hydrogen (secondary N) is 1. The zero-order valence-corrected chi connectivity index (χ0v) is 12.9. The topological polar surface area (TPSA) is 34.0 Å². The molecule has 112 valence electrons. The summed E-state index contributed by atoms with van der Waals surface area (Å²) < 4.78 is 1.77. The first-order valence-electron chi connectivity index (χ1n) is 7.62. The first kappa shape index (κ1) is 15.5. The van der Waals surface area contributed by atoms with Crippen molar-refractivity contribution >= 4 is 0 Å². The molecule has 0 bridgehead atoms. The summed E-state index contributed by atoms with van der Waals surface area (Å²) in [6.07, 6.45) is 3.93. The molecule has 1 unspecified atom stereocenters. The molecule has 3 nitrogen and oxygen atoms in total. The van der Waals surface area contributed by atoms with Crippen molar-refractivity contribution in [3.63, 3.8) is 0 Å². The molecule has 2 rings (SSSR count). The first-order valence-corrected chi connectivity index (χ1v) is 7.62.